The van der Waals surface area contributed by atoms with Gasteiger partial charge in [-0.05, 0) is 71.1 Å². The standard InChI is InChI=1S/C20H34O/c1-17-9-6-10-18(2)12-8-14-20(5,21)16-15-19(3,4)13-7-11-17/h9,12,15-16,21H,6-8,10-11,13-14H2,1-5H3/b16-15+,17-9+,18-12-/t20-/m0/s1. The van der Waals surface area contributed by atoms with Gasteiger partial charge in [0.2, 0.25) is 0 Å². The van der Waals surface area contributed by atoms with Gasteiger partial charge in [-0.2, -0.15) is 0 Å². The zero-order chi connectivity index (χ0) is 15.9. The summed E-state index contributed by atoms with van der Waals surface area (Å²) in [5.74, 6) is 0. The summed E-state index contributed by atoms with van der Waals surface area (Å²) in [5.41, 5.74) is 2.43. The summed E-state index contributed by atoms with van der Waals surface area (Å²) in [6.07, 6.45) is 16.5. The van der Waals surface area contributed by atoms with E-state index >= 15 is 0 Å². The van der Waals surface area contributed by atoms with E-state index in [9.17, 15) is 5.11 Å². The fourth-order valence-corrected chi connectivity index (χ4v) is 2.76. The van der Waals surface area contributed by atoms with Crippen LogP contribution in [0.2, 0.25) is 0 Å². The molecule has 1 aliphatic carbocycles. The predicted octanol–water partition coefficient (Wildman–Crippen LogP) is 5.96. The second-order valence-corrected chi connectivity index (χ2v) is 7.71. The van der Waals surface area contributed by atoms with Crippen molar-refractivity contribution in [2.75, 3.05) is 0 Å². The Labute approximate surface area is 131 Å². The highest BCUT2D eigenvalue weighted by atomic mass is 16.3. The Kier molecular flexibility index (Phi) is 6.93. The highest BCUT2D eigenvalue weighted by molar-refractivity contribution is 5.08. The van der Waals surface area contributed by atoms with Crippen LogP contribution >= 0.6 is 0 Å². The van der Waals surface area contributed by atoms with Gasteiger partial charge in [0.25, 0.3) is 0 Å². The van der Waals surface area contributed by atoms with Crippen LogP contribution in [0.15, 0.2) is 35.5 Å². The maximum Gasteiger partial charge on any atom is 0.0802 e. The molecule has 0 saturated carbocycles. The van der Waals surface area contributed by atoms with Crippen LogP contribution in [-0.2, 0) is 0 Å². The number of allylic oxidation sites excluding steroid dienone is 5. The van der Waals surface area contributed by atoms with Crippen LogP contribution in [-0.4, -0.2) is 10.7 Å². The van der Waals surface area contributed by atoms with Crippen molar-refractivity contribution in [2.24, 2.45) is 5.41 Å². The monoisotopic (exact) mass is 290 g/mol. The van der Waals surface area contributed by atoms with Gasteiger partial charge in [-0.25, -0.2) is 0 Å². The lowest BCUT2D eigenvalue weighted by molar-refractivity contribution is 0.102. The first-order chi connectivity index (χ1) is 9.70. The number of hydrogen-bond acceptors (Lipinski definition) is 1. The zero-order valence-corrected chi connectivity index (χ0v) is 14.7. The summed E-state index contributed by atoms with van der Waals surface area (Å²) < 4.78 is 0. The van der Waals surface area contributed by atoms with Crippen molar-refractivity contribution in [1.29, 1.82) is 0 Å². The Bertz CT molecular complexity index is 408. The van der Waals surface area contributed by atoms with Crippen molar-refractivity contribution in [3.05, 3.63) is 35.5 Å². The first-order valence-electron chi connectivity index (χ1n) is 8.44. The molecule has 1 N–H and O–H groups in total. The first kappa shape index (κ1) is 18.2. The average molecular weight is 290 g/mol. The summed E-state index contributed by atoms with van der Waals surface area (Å²) in [7, 11) is 0. The van der Waals surface area contributed by atoms with Crippen LogP contribution in [0, 0.1) is 5.41 Å². The van der Waals surface area contributed by atoms with Gasteiger partial charge in [-0.15, -0.1) is 0 Å². The lowest BCUT2D eigenvalue weighted by Gasteiger charge is -2.24. The summed E-state index contributed by atoms with van der Waals surface area (Å²) in [6, 6.07) is 0. The molecule has 0 heterocycles. The Morgan fingerprint density at radius 1 is 0.857 bits per heavy atom. The molecule has 1 aliphatic rings. The fourth-order valence-electron chi connectivity index (χ4n) is 2.76. The highest BCUT2D eigenvalue weighted by Gasteiger charge is 2.19. The van der Waals surface area contributed by atoms with Gasteiger partial charge in [0, 0.05) is 0 Å². The third-order valence-corrected chi connectivity index (χ3v) is 4.46. The van der Waals surface area contributed by atoms with Crippen LogP contribution in [0.5, 0.6) is 0 Å². The predicted molar refractivity (Wildman–Crippen MR) is 93.4 cm³/mol. The Hall–Kier alpha value is -0.820. The lowest BCUT2D eigenvalue weighted by Crippen LogP contribution is -2.21. The van der Waals surface area contributed by atoms with Crippen molar-refractivity contribution < 1.29 is 5.11 Å². The molecule has 21 heavy (non-hydrogen) atoms. The van der Waals surface area contributed by atoms with Gasteiger partial charge >= 0.3 is 0 Å². The third kappa shape index (κ3) is 8.26. The van der Waals surface area contributed by atoms with Crippen LogP contribution in [0.1, 0.15) is 79.6 Å². The van der Waals surface area contributed by atoms with Crippen LogP contribution in [0.25, 0.3) is 0 Å². The smallest absolute Gasteiger partial charge is 0.0802 e. The largest absolute Gasteiger partial charge is 0.386 e. The van der Waals surface area contributed by atoms with E-state index in [1.54, 1.807) is 0 Å². The first-order valence-corrected chi connectivity index (χ1v) is 8.44. The minimum absolute atomic E-state index is 0.163. The molecule has 0 aromatic carbocycles. The maximum absolute atomic E-state index is 10.5. The lowest BCUT2D eigenvalue weighted by atomic mass is 9.84. The molecule has 0 radical (unpaired) electrons. The average Bonchev–Trinajstić information content (AvgIpc) is 2.36. The molecular weight excluding hydrogens is 256 g/mol. The van der Waals surface area contributed by atoms with E-state index in [2.05, 4.69) is 45.9 Å². The van der Waals surface area contributed by atoms with Crippen LogP contribution in [0.3, 0.4) is 0 Å². The van der Waals surface area contributed by atoms with Crippen molar-refractivity contribution in [2.45, 2.75) is 85.2 Å². The summed E-state index contributed by atoms with van der Waals surface area (Å²) in [5, 5.41) is 10.5. The van der Waals surface area contributed by atoms with E-state index in [-0.39, 0.29) is 5.41 Å². The van der Waals surface area contributed by atoms with Crippen molar-refractivity contribution in [1.82, 2.24) is 0 Å². The van der Waals surface area contributed by atoms with E-state index < -0.39 is 5.60 Å². The molecule has 0 saturated heterocycles. The molecule has 1 heteroatoms. The molecule has 0 bridgehead atoms. The number of rotatable bonds is 0. The van der Waals surface area contributed by atoms with Gasteiger partial charge in [-0.1, -0.05) is 49.3 Å². The molecular formula is C20H34O. The van der Waals surface area contributed by atoms with Gasteiger partial charge in [0.15, 0.2) is 0 Å². The Morgan fingerprint density at radius 3 is 2.19 bits per heavy atom. The summed E-state index contributed by atoms with van der Waals surface area (Å²) in [6.45, 7) is 10.9. The molecule has 1 atom stereocenters. The zero-order valence-electron chi connectivity index (χ0n) is 14.7. The molecule has 0 amide bonds. The van der Waals surface area contributed by atoms with Gasteiger partial charge < -0.3 is 5.11 Å². The quantitative estimate of drug-likeness (QED) is 0.546. The minimum Gasteiger partial charge on any atom is -0.386 e. The van der Waals surface area contributed by atoms with Crippen molar-refractivity contribution in [3.8, 4) is 0 Å². The van der Waals surface area contributed by atoms with Crippen LogP contribution in [0.4, 0.5) is 0 Å². The topological polar surface area (TPSA) is 20.2 Å². The SMILES string of the molecule is C/C1=C/CC[C@](C)(O)/C=C/C(C)(C)CCC/C(C)=C/CC1. The van der Waals surface area contributed by atoms with E-state index in [4.69, 9.17) is 0 Å². The Balaban J connectivity index is 2.82. The number of hydrogen-bond donors (Lipinski definition) is 1. The van der Waals surface area contributed by atoms with Gasteiger partial charge in [-0.3, -0.25) is 0 Å². The normalized spacial score (nSPS) is 35.5. The second kappa shape index (κ2) is 7.98. The molecule has 0 aromatic rings. The van der Waals surface area contributed by atoms with E-state index in [1.807, 2.05) is 13.0 Å². The summed E-state index contributed by atoms with van der Waals surface area (Å²) >= 11 is 0. The second-order valence-electron chi connectivity index (χ2n) is 7.71. The van der Waals surface area contributed by atoms with E-state index in [0.29, 0.717) is 0 Å². The molecule has 1 nitrogen and oxygen atoms in total. The van der Waals surface area contributed by atoms with E-state index in [0.717, 1.165) is 25.7 Å². The minimum atomic E-state index is -0.692. The number of aliphatic hydroxyl groups is 1. The van der Waals surface area contributed by atoms with Crippen LogP contribution < -0.4 is 0 Å². The Morgan fingerprint density at radius 2 is 1.48 bits per heavy atom. The van der Waals surface area contributed by atoms with Crippen molar-refractivity contribution >= 4 is 0 Å². The maximum atomic E-state index is 10.5. The van der Waals surface area contributed by atoms with Gasteiger partial charge in [0.1, 0.15) is 0 Å². The van der Waals surface area contributed by atoms with E-state index in [1.165, 1.54) is 30.4 Å². The molecule has 120 valence electrons. The molecule has 0 aromatic heterocycles. The third-order valence-electron chi connectivity index (χ3n) is 4.46. The molecule has 0 unspecified atom stereocenters. The van der Waals surface area contributed by atoms with Gasteiger partial charge in [0.05, 0.1) is 5.60 Å². The molecule has 0 fully saturated rings. The molecule has 0 aliphatic heterocycles. The van der Waals surface area contributed by atoms with Crippen molar-refractivity contribution in [3.63, 3.8) is 0 Å². The summed E-state index contributed by atoms with van der Waals surface area (Å²) in [4.78, 5) is 0. The molecule has 0 spiro atoms. The fraction of sp³-hybridized carbons (Fsp3) is 0.700. The molecule has 1 rings (SSSR count). The highest BCUT2D eigenvalue weighted by Crippen LogP contribution is 2.28.